The molecule has 2 saturated heterocycles. The third-order valence-electron chi connectivity index (χ3n) is 4.42. The molecule has 0 aromatic carbocycles. The molecular weight excluding hydrogens is 176 g/mol. The van der Waals surface area contributed by atoms with Gasteiger partial charge in [0, 0.05) is 18.4 Å². The fourth-order valence-electron chi connectivity index (χ4n) is 3.79. The molecule has 0 bridgehead atoms. The van der Waals surface area contributed by atoms with Gasteiger partial charge < -0.3 is 10.6 Å². The van der Waals surface area contributed by atoms with E-state index in [0.717, 1.165) is 18.5 Å². The SMILES string of the molecule is O=C1NCC[C@H]2[C@@H]3CCCC[C@@H]3[NH2+][C@H]12. The number of nitrogens with one attached hydrogen (secondary N) is 1. The van der Waals surface area contributed by atoms with Crippen molar-refractivity contribution in [3.8, 4) is 0 Å². The molecular formula is C11H19N2O+. The van der Waals surface area contributed by atoms with E-state index in [2.05, 4.69) is 10.6 Å². The largest absolute Gasteiger partial charge is 0.351 e. The maximum Gasteiger partial charge on any atom is 0.278 e. The number of rotatable bonds is 0. The lowest BCUT2D eigenvalue weighted by Gasteiger charge is -2.27. The Morgan fingerprint density at radius 1 is 1.14 bits per heavy atom. The maximum atomic E-state index is 11.7. The van der Waals surface area contributed by atoms with Crippen LogP contribution < -0.4 is 10.6 Å². The molecule has 0 radical (unpaired) electrons. The van der Waals surface area contributed by atoms with Crippen LogP contribution in [-0.2, 0) is 4.79 Å². The van der Waals surface area contributed by atoms with Gasteiger partial charge in [-0.1, -0.05) is 6.42 Å². The minimum Gasteiger partial charge on any atom is -0.351 e. The Morgan fingerprint density at radius 3 is 2.93 bits per heavy atom. The molecule has 2 aliphatic heterocycles. The first-order chi connectivity index (χ1) is 6.86. The van der Waals surface area contributed by atoms with Gasteiger partial charge in [0.15, 0.2) is 6.04 Å². The first kappa shape index (κ1) is 8.72. The zero-order valence-electron chi connectivity index (χ0n) is 8.54. The number of nitrogens with two attached hydrogens (primary N) is 1. The minimum absolute atomic E-state index is 0.261. The molecule has 0 aromatic rings. The maximum absolute atomic E-state index is 11.7. The number of hydrogen-bond donors (Lipinski definition) is 2. The molecule has 3 rings (SSSR count). The second kappa shape index (κ2) is 3.23. The van der Waals surface area contributed by atoms with E-state index >= 15 is 0 Å². The van der Waals surface area contributed by atoms with Crippen molar-refractivity contribution in [3.63, 3.8) is 0 Å². The van der Waals surface area contributed by atoms with E-state index in [4.69, 9.17) is 0 Å². The highest BCUT2D eigenvalue weighted by molar-refractivity contribution is 5.81. The standard InChI is InChI=1S/C11H18N2O/c14-11-10-8(5-6-12-11)7-3-1-2-4-9(7)13-10/h7-10,13H,1-6H2,(H,12,14)/p+1/t7-,8-,9-,10-/m0/s1. The van der Waals surface area contributed by atoms with Crippen molar-refractivity contribution in [1.29, 1.82) is 0 Å². The van der Waals surface area contributed by atoms with E-state index in [0.29, 0.717) is 11.8 Å². The molecule has 1 saturated carbocycles. The van der Waals surface area contributed by atoms with Crippen molar-refractivity contribution < 1.29 is 10.1 Å². The van der Waals surface area contributed by atoms with Crippen LogP contribution in [-0.4, -0.2) is 24.5 Å². The third-order valence-corrected chi connectivity index (χ3v) is 4.42. The number of carbonyl (C=O) groups excluding carboxylic acids is 1. The third kappa shape index (κ3) is 1.18. The van der Waals surface area contributed by atoms with Crippen LogP contribution in [0.5, 0.6) is 0 Å². The van der Waals surface area contributed by atoms with E-state index in [-0.39, 0.29) is 6.04 Å². The molecule has 0 aromatic heterocycles. The van der Waals surface area contributed by atoms with E-state index in [9.17, 15) is 4.79 Å². The Morgan fingerprint density at radius 2 is 2.00 bits per heavy atom. The van der Waals surface area contributed by atoms with Crippen molar-refractivity contribution >= 4 is 5.91 Å². The van der Waals surface area contributed by atoms with Crippen LogP contribution in [0.2, 0.25) is 0 Å². The summed E-state index contributed by atoms with van der Waals surface area (Å²) in [7, 11) is 0. The lowest BCUT2D eigenvalue weighted by molar-refractivity contribution is -0.696. The van der Waals surface area contributed by atoms with Gasteiger partial charge in [0.2, 0.25) is 0 Å². The molecule has 2 heterocycles. The predicted octanol–water partition coefficient (Wildman–Crippen LogP) is -0.373. The molecule has 0 unspecified atom stereocenters. The van der Waals surface area contributed by atoms with Crippen molar-refractivity contribution in [2.24, 2.45) is 11.8 Å². The molecule has 4 atom stereocenters. The normalized spacial score (nSPS) is 46.7. The Balaban J connectivity index is 1.82. The number of hydrogen-bond acceptors (Lipinski definition) is 1. The second-order valence-electron chi connectivity index (χ2n) is 5.07. The Labute approximate surface area is 84.6 Å². The minimum atomic E-state index is 0.261. The summed E-state index contributed by atoms with van der Waals surface area (Å²) in [6.07, 6.45) is 6.69. The van der Waals surface area contributed by atoms with Gasteiger partial charge in [-0.25, -0.2) is 0 Å². The van der Waals surface area contributed by atoms with Crippen molar-refractivity contribution in [2.75, 3.05) is 6.54 Å². The van der Waals surface area contributed by atoms with Gasteiger partial charge >= 0.3 is 0 Å². The summed E-state index contributed by atoms with van der Waals surface area (Å²) in [5, 5.41) is 5.36. The first-order valence-electron chi connectivity index (χ1n) is 5.99. The van der Waals surface area contributed by atoms with Crippen molar-refractivity contribution in [3.05, 3.63) is 0 Å². The lowest BCUT2D eigenvalue weighted by Crippen LogP contribution is -2.95. The predicted molar refractivity (Wildman–Crippen MR) is 52.6 cm³/mol. The number of quaternary nitrogens is 1. The lowest BCUT2D eigenvalue weighted by atomic mass is 9.76. The number of piperidine rings is 1. The Hall–Kier alpha value is -0.570. The summed E-state index contributed by atoms with van der Waals surface area (Å²) in [6.45, 7) is 0.914. The van der Waals surface area contributed by atoms with Gasteiger partial charge in [0.05, 0.1) is 6.04 Å². The Bertz CT molecular complexity index is 254. The number of fused-ring (bicyclic) bond motifs is 3. The van der Waals surface area contributed by atoms with Gasteiger partial charge in [0.1, 0.15) is 0 Å². The van der Waals surface area contributed by atoms with Gasteiger partial charge in [0.25, 0.3) is 5.91 Å². The second-order valence-corrected chi connectivity index (χ2v) is 5.07. The van der Waals surface area contributed by atoms with Crippen LogP contribution in [0.3, 0.4) is 0 Å². The molecule has 3 fully saturated rings. The summed E-state index contributed by atoms with van der Waals surface area (Å²) < 4.78 is 0. The van der Waals surface area contributed by atoms with Gasteiger partial charge in [-0.2, -0.15) is 0 Å². The summed E-state index contributed by atoms with van der Waals surface area (Å²) in [5.41, 5.74) is 0. The molecule has 3 aliphatic rings. The highest BCUT2D eigenvalue weighted by Crippen LogP contribution is 2.36. The van der Waals surface area contributed by atoms with Crippen LogP contribution in [0.15, 0.2) is 0 Å². The fraction of sp³-hybridized carbons (Fsp3) is 0.909. The van der Waals surface area contributed by atoms with Crippen molar-refractivity contribution in [2.45, 2.75) is 44.2 Å². The quantitative estimate of drug-likeness (QED) is 0.544. The molecule has 14 heavy (non-hydrogen) atoms. The van der Waals surface area contributed by atoms with E-state index in [1.165, 1.54) is 32.1 Å². The van der Waals surface area contributed by atoms with Crippen LogP contribution >= 0.6 is 0 Å². The number of amides is 1. The smallest absolute Gasteiger partial charge is 0.278 e. The molecule has 1 amide bonds. The molecule has 3 heteroatoms. The topological polar surface area (TPSA) is 45.7 Å². The molecule has 78 valence electrons. The highest BCUT2D eigenvalue weighted by atomic mass is 16.2. The zero-order valence-corrected chi connectivity index (χ0v) is 8.54. The molecule has 1 aliphatic carbocycles. The van der Waals surface area contributed by atoms with E-state index in [1.807, 2.05) is 0 Å². The van der Waals surface area contributed by atoms with Gasteiger partial charge in [-0.3, -0.25) is 4.79 Å². The Kier molecular flexibility index (Phi) is 2.01. The summed E-state index contributed by atoms with van der Waals surface area (Å²) in [5.74, 6) is 1.84. The van der Waals surface area contributed by atoms with Gasteiger partial charge in [-0.15, -0.1) is 0 Å². The molecule has 3 N–H and O–H groups in total. The summed E-state index contributed by atoms with van der Waals surface area (Å²) in [6, 6.07) is 1.03. The molecule has 3 nitrogen and oxygen atoms in total. The van der Waals surface area contributed by atoms with Crippen LogP contribution in [0.4, 0.5) is 0 Å². The van der Waals surface area contributed by atoms with E-state index in [1.54, 1.807) is 0 Å². The van der Waals surface area contributed by atoms with E-state index < -0.39 is 0 Å². The zero-order chi connectivity index (χ0) is 9.54. The highest BCUT2D eigenvalue weighted by Gasteiger charge is 2.51. The van der Waals surface area contributed by atoms with Gasteiger partial charge in [-0.05, 0) is 25.7 Å². The van der Waals surface area contributed by atoms with Crippen LogP contribution in [0, 0.1) is 11.8 Å². The average molecular weight is 195 g/mol. The first-order valence-corrected chi connectivity index (χ1v) is 5.99. The molecule has 0 spiro atoms. The fourth-order valence-corrected chi connectivity index (χ4v) is 3.79. The number of carbonyl (C=O) groups is 1. The van der Waals surface area contributed by atoms with Crippen molar-refractivity contribution in [1.82, 2.24) is 5.32 Å². The van der Waals surface area contributed by atoms with Crippen LogP contribution in [0.25, 0.3) is 0 Å². The monoisotopic (exact) mass is 195 g/mol. The van der Waals surface area contributed by atoms with Crippen LogP contribution in [0.1, 0.15) is 32.1 Å². The summed E-state index contributed by atoms with van der Waals surface area (Å²) in [4.78, 5) is 11.7. The summed E-state index contributed by atoms with van der Waals surface area (Å²) >= 11 is 0. The average Bonchev–Trinajstić information content (AvgIpc) is 2.59.